The highest BCUT2D eigenvalue weighted by atomic mass is 16.6. The molecule has 8 heteroatoms. The molecule has 156 valence electrons. The monoisotopic (exact) mass is 393 g/mol. The predicted octanol–water partition coefficient (Wildman–Crippen LogP) is 1.77. The van der Waals surface area contributed by atoms with E-state index >= 15 is 0 Å². The quantitative estimate of drug-likeness (QED) is 0.526. The number of ether oxygens (including phenoxy) is 2. The predicted molar refractivity (Wildman–Crippen MR) is 106 cm³/mol. The molecule has 8 nitrogen and oxygen atoms in total. The Kier molecular flexibility index (Phi) is 9.84. The molecular formula is C20H31N3O5. The molecule has 0 spiro atoms. The Morgan fingerprint density at radius 1 is 0.964 bits per heavy atom. The van der Waals surface area contributed by atoms with Crippen molar-refractivity contribution in [2.45, 2.75) is 45.6 Å². The molecule has 3 amide bonds. The first kappa shape index (κ1) is 23.3. The lowest BCUT2D eigenvalue weighted by molar-refractivity contribution is -0.121. The molecule has 0 aliphatic rings. The lowest BCUT2D eigenvalue weighted by Gasteiger charge is -2.19. The maximum Gasteiger partial charge on any atom is 0.408 e. The first-order valence-corrected chi connectivity index (χ1v) is 9.33. The Morgan fingerprint density at radius 2 is 1.61 bits per heavy atom. The minimum Gasteiger partial charge on any atom is -0.496 e. The van der Waals surface area contributed by atoms with Crippen molar-refractivity contribution in [3.63, 3.8) is 0 Å². The second-order valence-corrected chi connectivity index (χ2v) is 7.22. The third-order valence-corrected chi connectivity index (χ3v) is 3.60. The summed E-state index contributed by atoms with van der Waals surface area (Å²) >= 11 is 0. The summed E-state index contributed by atoms with van der Waals surface area (Å²) in [4.78, 5) is 35.0. The van der Waals surface area contributed by atoms with Crippen molar-refractivity contribution in [2.24, 2.45) is 0 Å². The fraction of sp³-hybridized carbons (Fsp3) is 0.550. The summed E-state index contributed by atoms with van der Waals surface area (Å²) in [6.45, 7) is 5.96. The number of carbonyl (C=O) groups excluding carboxylic acids is 3. The summed E-state index contributed by atoms with van der Waals surface area (Å²) in [5.41, 5.74) is 0.384. The Bertz CT molecular complexity index is 655. The van der Waals surface area contributed by atoms with Crippen LogP contribution < -0.4 is 20.7 Å². The maximum atomic E-state index is 11.9. The highest BCUT2D eigenvalue weighted by molar-refractivity contribution is 5.82. The number of nitrogens with one attached hydrogen (secondary N) is 3. The van der Waals surface area contributed by atoms with Gasteiger partial charge in [0.2, 0.25) is 11.8 Å². The van der Waals surface area contributed by atoms with Crippen molar-refractivity contribution in [3.8, 4) is 5.75 Å². The first-order chi connectivity index (χ1) is 13.2. The highest BCUT2D eigenvalue weighted by Crippen LogP contribution is 2.18. The molecule has 3 N–H and O–H groups in total. The second-order valence-electron chi connectivity index (χ2n) is 7.22. The largest absolute Gasteiger partial charge is 0.496 e. The van der Waals surface area contributed by atoms with Gasteiger partial charge < -0.3 is 25.4 Å². The normalized spacial score (nSPS) is 10.7. The van der Waals surface area contributed by atoms with E-state index in [1.165, 1.54) is 0 Å². The molecule has 0 radical (unpaired) electrons. The number of carbonyl (C=O) groups is 3. The Hall–Kier alpha value is -2.77. The van der Waals surface area contributed by atoms with Crippen LogP contribution in [-0.2, 0) is 20.7 Å². The van der Waals surface area contributed by atoms with Gasteiger partial charge in [-0.1, -0.05) is 18.2 Å². The number of hydrogen-bond donors (Lipinski definition) is 3. The molecule has 28 heavy (non-hydrogen) atoms. The zero-order chi connectivity index (χ0) is 21.0. The van der Waals surface area contributed by atoms with E-state index in [0.717, 1.165) is 11.3 Å². The minimum absolute atomic E-state index is 0.0520. The summed E-state index contributed by atoms with van der Waals surface area (Å²) in [6.07, 6.45) is 0.929. The van der Waals surface area contributed by atoms with E-state index in [2.05, 4.69) is 16.0 Å². The lowest BCUT2D eigenvalue weighted by Crippen LogP contribution is -2.40. The molecule has 0 aliphatic heterocycles. The molecule has 0 aliphatic carbocycles. The molecule has 0 fully saturated rings. The number of alkyl carbamates (subject to hydrolysis) is 1. The Balaban J connectivity index is 2.11. The van der Waals surface area contributed by atoms with Crippen molar-refractivity contribution in [1.29, 1.82) is 0 Å². The number of aryl methyl sites for hydroxylation is 1. The van der Waals surface area contributed by atoms with E-state index in [-0.39, 0.29) is 18.4 Å². The number of amides is 3. The topological polar surface area (TPSA) is 106 Å². The van der Waals surface area contributed by atoms with Gasteiger partial charge in [0.1, 0.15) is 11.4 Å². The van der Waals surface area contributed by atoms with Crippen LogP contribution in [-0.4, -0.2) is 50.3 Å². The maximum absolute atomic E-state index is 11.9. The first-order valence-electron chi connectivity index (χ1n) is 9.33. The fourth-order valence-electron chi connectivity index (χ4n) is 2.32. The van der Waals surface area contributed by atoms with Crippen LogP contribution >= 0.6 is 0 Å². The minimum atomic E-state index is -0.634. The highest BCUT2D eigenvalue weighted by Gasteiger charge is 2.16. The molecule has 0 saturated carbocycles. The average molecular weight is 393 g/mol. The summed E-state index contributed by atoms with van der Waals surface area (Å²) in [5, 5.41) is 7.88. The Labute approximate surface area is 166 Å². The van der Waals surface area contributed by atoms with Crippen LogP contribution in [0.5, 0.6) is 5.75 Å². The number of benzene rings is 1. The molecule has 0 atom stereocenters. The van der Waals surface area contributed by atoms with Gasteiger partial charge in [-0.2, -0.15) is 0 Å². The summed E-state index contributed by atoms with van der Waals surface area (Å²) in [6, 6.07) is 7.61. The van der Waals surface area contributed by atoms with Gasteiger partial charge in [0.15, 0.2) is 0 Å². The van der Waals surface area contributed by atoms with Gasteiger partial charge in [-0.25, -0.2) is 4.79 Å². The number of para-hydroxylation sites is 1. The van der Waals surface area contributed by atoms with E-state index in [1.807, 2.05) is 24.3 Å². The van der Waals surface area contributed by atoms with E-state index < -0.39 is 11.7 Å². The number of methoxy groups -OCH3 is 1. The molecule has 1 aromatic rings. The smallest absolute Gasteiger partial charge is 0.408 e. The van der Waals surface area contributed by atoms with Gasteiger partial charge in [0.25, 0.3) is 0 Å². The van der Waals surface area contributed by atoms with Gasteiger partial charge in [-0.05, 0) is 45.2 Å². The van der Waals surface area contributed by atoms with E-state index in [0.29, 0.717) is 32.4 Å². The van der Waals surface area contributed by atoms with Crippen LogP contribution in [0.3, 0.4) is 0 Å². The van der Waals surface area contributed by atoms with Crippen molar-refractivity contribution in [1.82, 2.24) is 16.0 Å². The van der Waals surface area contributed by atoms with Crippen molar-refractivity contribution in [3.05, 3.63) is 29.8 Å². The second kappa shape index (κ2) is 11.8. The Morgan fingerprint density at radius 3 is 2.25 bits per heavy atom. The van der Waals surface area contributed by atoms with E-state index in [9.17, 15) is 14.4 Å². The summed E-state index contributed by atoms with van der Waals surface area (Å²) in [7, 11) is 1.61. The summed E-state index contributed by atoms with van der Waals surface area (Å²) in [5.74, 6) is 0.412. The molecule has 0 aromatic heterocycles. The van der Waals surface area contributed by atoms with Crippen LogP contribution in [0.2, 0.25) is 0 Å². The molecule has 1 aromatic carbocycles. The van der Waals surface area contributed by atoms with Crippen molar-refractivity contribution >= 4 is 17.9 Å². The molecule has 0 bridgehead atoms. The molecule has 0 saturated heterocycles. The molecule has 0 unspecified atom stereocenters. The van der Waals surface area contributed by atoms with E-state index in [1.54, 1.807) is 27.9 Å². The molecule has 1 rings (SSSR count). The molecular weight excluding hydrogens is 362 g/mol. The van der Waals surface area contributed by atoms with Gasteiger partial charge in [-0.3, -0.25) is 9.59 Å². The SMILES string of the molecule is COc1ccccc1CCC(=O)NCCCNC(=O)CNC(=O)OC(C)(C)C. The number of rotatable bonds is 10. The van der Waals surface area contributed by atoms with Crippen LogP contribution in [0.4, 0.5) is 4.79 Å². The van der Waals surface area contributed by atoms with Gasteiger partial charge >= 0.3 is 6.09 Å². The lowest BCUT2D eigenvalue weighted by atomic mass is 10.1. The van der Waals surface area contributed by atoms with Gasteiger partial charge in [0.05, 0.1) is 13.7 Å². The zero-order valence-corrected chi connectivity index (χ0v) is 17.1. The van der Waals surface area contributed by atoms with Crippen LogP contribution in [0.25, 0.3) is 0 Å². The summed E-state index contributed by atoms with van der Waals surface area (Å²) < 4.78 is 10.3. The van der Waals surface area contributed by atoms with Gasteiger partial charge in [-0.15, -0.1) is 0 Å². The third-order valence-electron chi connectivity index (χ3n) is 3.60. The standard InChI is InChI=1S/C20H31N3O5/c1-20(2,3)28-19(26)23-14-18(25)22-13-7-12-21-17(24)11-10-15-8-5-6-9-16(15)27-4/h5-6,8-9H,7,10-14H2,1-4H3,(H,21,24)(H,22,25)(H,23,26). The average Bonchev–Trinajstić information content (AvgIpc) is 2.63. The van der Waals surface area contributed by atoms with Crippen molar-refractivity contribution < 1.29 is 23.9 Å². The molecule has 0 heterocycles. The van der Waals surface area contributed by atoms with Crippen molar-refractivity contribution in [2.75, 3.05) is 26.7 Å². The van der Waals surface area contributed by atoms with Crippen LogP contribution in [0.1, 0.15) is 39.2 Å². The van der Waals surface area contributed by atoms with Crippen LogP contribution in [0.15, 0.2) is 24.3 Å². The third kappa shape index (κ3) is 10.4. The number of hydrogen-bond acceptors (Lipinski definition) is 5. The fourth-order valence-corrected chi connectivity index (χ4v) is 2.32. The zero-order valence-electron chi connectivity index (χ0n) is 17.1. The van der Waals surface area contributed by atoms with E-state index in [4.69, 9.17) is 9.47 Å². The van der Waals surface area contributed by atoms with Crippen LogP contribution in [0, 0.1) is 0 Å². The van der Waals surface area contributed by atoms with Gasteiger partial charge in [0, 0.05) is 19.5 Å².